The quantitative estimate of drug-likeness (QED) is 0.612. The third-order valence-electron chi connectivity index (χ3n) is 6.05. The second-order valence-corrected chi connectivity index (χ2v) is 9.97. The third kappa shape index (κ3) is 3.61. The first-order chi connectivity index (χ1) is 14.3. The number of rotatable bonds is 5. The van der Waals surface area contributed by atoms with Crippen LogP contribution < -0.4 is 0 Å². The topological polar surface area (TPSA) is 59.4 Å². The number of aromatic nitrogens is 1. The fraction of sp³-hybridized carbons (Fsp3) is 0.292. The molecule has 6 heteroatoms. The van der Waals surface area contributed by atoms with Crippen LogP contribution in [0.2, 0.25) is 0 Å². The molecule has 30 heavy (non-hydrogen) atoms. The van der Waals surface area contributed by atoms with E-state index in [2.05, 4.69) is 18.5 Å². The van der Waals surface area contributed by atoms with Crippen molar-refractivity contribution in [2.75, 3.05) is 13.6 Å². The molecule has 1 atom stereocenters. The predicted molar refractivity (Wildman–Crippen MR) is 120 cm³/mol. The Balaban J connectivity index is 1.78. The summed E-state index contributed by atoms with van der Waals surface area (Å²) in [6.07, 6.45) is 5.02. The maximum absolute atomic E-state index is 13.0. The Labute approximate surface area is 177 Å². The van der Waals surface area contributed by atoms with Crippen LogP contribution in [0, 0.1) is 0 Å². The van der Waals surface area contributed by atoms with Crippen molar-refractivity contribution in [3.63, 3.8) is 0 Å². The predicted octanol–water partition coefficient (Wildman–Crippen LogP) is 4.38. The number of likely N-dealkylation sites (N-methyl/N-ethyl adjacent to an activating group) is 1. The van der Waals surface area contributed by atoms with Gasteiger partial charge in [0.25, 0.3) is 0 Å². The van der Waals surface area contributed by atoms with Gasteiger partial charge in [-0.05, 0) is 68.2 Å². The molecule has 156 valence electrons. The Kier molecular flexibility index (Phi) is 5.38. The molecule has 4 rings (SSSR count). The van der Waals surface area contributed by atoms with E-state index in [-0.39, 0.29) is 15.7 Å². The summed E-state index contributed by atoms with van der Waals surface area (Å²) in [7, 11) is -1.56. The summed E-state index contributed by atoms with van der Waals surface area (Å²) in [6.45, 7) is 6.51. The lowest BCUT2D eigenvalue weighted by atomic mass is 10.0. The highest BCUT2D eigenvalue weighted by Crippen LogP contribution is 2.32. The first kappa shape index (κ1) is 20.6. The van der Waals surface area contributed by atoms with Gasteiger partial charge in [0.05, 0.1) is 15.3 Å². The maximum atomic E-state index is 13.0. The average Bonchev–Trinajstić information content (AvgIpc) is 3.31. The van der Waals surface area contributed by atoms with Gasteiger partial charge < -0.3 is 4.90 Å². The van der Waals surface area contributed by atoms with Crippen molar-refractivity contribution >= 4 is 31.6 Å². The van der Waals surface area contributed by atoms with Crippen molar-refractivity contribution in [3.05, 3.63) is 72.4 Å². The summed E-state index contributed by atoms with van der Waals surface area (Å²) < 4.78 is 27.7. The molecule has 1 fully saturated rings. The highest BCUT2D eigenvalue weighted by Gasteiger charge is 2.25. The smallest absolute Gasteiger partial charge is 0.227 e. The molecule has 2 aromatic carbocycles. The van der Waals surface area contributed by atoms with E-state index in [0.29, 0.717) is 11.6 Å². The molecule has 0 saturated carbocycles. The Hall–Kier alpha value is -2.70. The van der Waals surface area contributed by atoms with Crippen molar-refractivity contribution in [2.45, 2.75) is 37.1 Å². The molecule has 0 bridgehead atoms. The number of benzene rings is 2. The Morgan fingerprint density at radius 1 is 1.17 bits per heavy atom. The maximum Gasteiger partial charge on any atom is 0.227 e. The lowest BCUT2D eigenvalue weighted by Gasteiger charge is -2.18. The number of fused-ring (bicyclic) bond motifs is 1. The van der Waals surface area contributed by atoms with Crippen LogP contribution in [0.4, 0.5) is 0 Å². The van der Waals surface area contributed by atoms with Gasteiger partial charge in [0.15, 0.2) is 0 Å². The van der Waals surface area contributed by atoms with Gasteiger partial charge in [0.1, 0.15) is 0 Å². The zero-order chi connectivity index (χ0) is 21.5. The minimum Gasteiger partial charge on any atom is -0.303 e. The number of likely N-dealkylation sites (tertiary alicyclic amines) is 1. The fourth-order valence-electron chi connectivity index (χ4n) is 4.28. The van der Waals surface area contributed by atoms with Crippen LogP contribution in [-0.2, 0) is 16.3 Å². The van der Waals surface area contributed by atoms with Crippen LogP contribution in [0.3, 0.4) is 0 Å². The van der Waals surface area contributed by atoms with Gasteiger partial charge in [-0.2, -0.15) is 0 Å². The SMILES string of the molecule is C=C(c1ccc2c(c1)c(CC1CCCN1C)cn2C(C)=O)S(=O)(=O)c1ccccc1. The molecule has 0 amide bonds. The molecule has 1 aromatic heterocycles. The van der Waals surface area contributed by atoms with Crippen LogP contribution in [-0.4, -0.2) is 43.4 Å². The monoisotopic (exact) mass is 422 g/mol. The van der Waals surface area contributed by atoms with E-state index in [1.54, 1.807) is 41.0 Å². The average molecular weight is 423 g/mol. The zero-order valence-electron chi connectivity index (χ0n) is 17.3. The van der Waals surface area contributed by atoms with Gasteiger partial charge >= 0.3 is 0 Å². The van der Waals surface area contributed by atoms with Crippen molar-refractivity contribution in [3.8, 4) is 0 Å². The van der Waals surface area contributed by atoms with Crippen LogP contribution in [0.25, 0.3) is 15.8 Å². The molecule has 2 heterocycles. The van der Waals surface area contributed by atoms with E-state index >= 15 is 0 Å². The van der Waals surface area contributed by atoms with Gasteiger partial charge in [-0.1, -0.05) is 30.8 Å². The summed E-state index contributed by atoms with van der Waals surface area (Å²) in [5.74, 6) is -0.0606. The van der Waals surface area contributed by atoms with E-state index in [4.69, 9.17) is 0 Å². The Bertz CT molecular complexity index is 1230. The van der Waals surface area contributed by atoms with Crippen LogP contribution >= 0.6 is 0 Å². The van der Waals surface area contributed by atoms with Crippen LogP contribution in [0.5, 0.6) is 0 Å². The number of carbonyl (C=O) groups is 1. The normalized spacial score (nSPS) is 17.5. The Morgan fingerprint density at radius 3 is 2.53 bits per heavy atom. The molecule has 0 N–H and O–H groups in total. The first-order valence-electron chi connectivity index (χ1n) is 10.1. The minimum absolute atomic E-state index is 0.0606. The number of sulfone groups is 1. The van der Waals surface area contributed by atoms with Crippen molar-refractivity contribution in [1.29, 1.82) is 0 Å². The Morgan fingerprint density at radius 2 is 1.90 bits per heavy atom. The van der Waals surface area contributed by atoms with Gasteiger partial charge in [0.2, 0.25) is 15.7 Å². The lowest BCUT2D eigenvalue weighted by Crippen LogP contribution is -2.26. The van der Waals surface area contributed by atoms with E-state index < -0.39 is 9.84 Å². The van der Waals surface area contributed by atoms with Crippen molar-refractivity contribution in [1.82, 2.24) is 9.47 Å². The fourth-order valence-corrected chi connectivity index (χ4v) is 5.52. The van der Waals surface area contributed by atoms with Gasteiger partial charge in [-0.15, -0.1) is 0 Å². The zero-order valence-corrected chi connectivity index (χ0v) is 18.2. The van der Waals surface area contributed by atoms with Gasteiger partial charge in [0, 0.05) is 24.5 Å². The van der Waals surface area contributed by atoms with Crippen molar-refractivity contribution in [2.24, 2.45) is 0 Å². The van der Waals surface area contributed by atoms with E-state index in [1.807, 2.05) is 18.3 Å². The van der Waals surface area contributed by atoms with E-state index in [0.717, 1.165) is 35.9 Å². The molecular formula is C24H26N2O3S. The molecular weight excluding hydrogens is 396 g/mol. The molecule has 1 aliphatic rings. The summed E-state index contributed by atoms with van der Waals surface area (Å²) in [4.78, 5) is 14.8. The molecule has 1 unspecified atom stereocenters. The molecule has 0 radical (unpaired) electrons. The standard InChI is InChI=1S/C24H26N2O3S/c1-17(30(28,29)22-9-5-4-6-10-22)19-11-12-24-23(15-19)20(16-26(24)18(2)27)14-21-8-7-13-25(21)3/h4-6,9-12,15-16,21H,1,7-8,13-14H2,2-3H3. The van der Waals surface area contributed by atoms with Crippen LogP contribution in [0.15, 0.2) is 66.2 Å². The summed E-state index contributed by atoms with van der Waals surface area (Å²) >= 11 is 0. The molecule has 5 nitrogen and oxygen atoms in total. The number of hydrogen-bond acceptors (Lipinski definition) is 4. The minimum atomic E-state index is -3.69. The third-order valence-corrected chi connectivity index (χ3v) is 7.83. The highest BCUT2D eigenvalue weighted by molar-refractivity contribution is 8.00. The summed E-state index contributed by atoms with van der Waals surface area (Å²) in [5.41, 5.74) is 2.41. The van der Waals surface area contributed by atoms with Crippen LogP contribution in [0.1, 0.15) is 35.7 Å². The molecule has 3 aromatic rings. The summed E-state index contributed by atoms with van der Waals surface area (Å²) in [5, 5.41) is 0.910. The largest absolute Gasteiger partial charge is 0.303 e. The van der Waals surface area contributed by atoms with Gasteiger partial charge in [-0.3, -0.25) is 9.36 Å². The second-order valence-electron chi connectivity index (χ2n) is 8.00. The second kappa shape index (κ2) is 7.85. The van der Waals surface area contributed by atoms with E-state index in [1.165, 1.54) is 13.3 Å². The molecule has 1 saturated heterocycles. The number of carbonyl (C=O) groups excluding carboxylic acids is 1. The summed E-state index contributed by atoms with van der Waals surface area (Å²) in [6, 6.07) is 14.2. The lowest BCUT2D eigenvalue weighted by molar-refractivity contribution is 0.0941. The van der Waals surface area contributed by atoms with Crippen molar-refractivity contribution < 1.29 is 13.2 Å². The number of nitrogens with zero attached hydrogens (tertiary/aromatic N) is 2. The molecule has 1 aliphatic heterocycles. The molecule has 0 aliphatic carbocycles. The van der Waals surface area contributed by atoms with E-state index in [9.17, 15) is 13.2 Å². The highest BCUT2D eigenvalue weighted by atomic mass is 32.2. The first-order valence-corrected chi connectivity index (χ1v) is 11.6. The molecule has 0 spiro atoms. The van der Waals surface area contributed by atoms with Gasteiger partial charge in [-0.25, -0.2) is 8.42 Å². The number of hydrogen-bond donors (Lipinski definition) is 0.